The summed E-state index contributed by atoms with van der Waals surface area (Å²) in [6.07, 6.45) is -0.621. The van der Waals surface area contributed by atoms with Gasteiger partial charge in [0.05, 0.1) is 5.56 Å². The maximum atomic E-state index is 12.2. The number of hydrogen-bond acceptors (Lipinski definition) is 8. The Balaban J connectivity index is 2.00. The molecule has 29 heavy (non-hydrogen) atoms. The highest BCUT2D eigenvalue weighted by Gasteiger charge is 2.21. The van der Waals surface area contributed by atoms with Crippen molar-refractivity contribution in [1.29, 1.82) is 0 Å². The van der Waals surface area contributed by atoms with Crippen molar-refractivity contribution in [2.45, 2.75) is 25.4 Å². The van der Waals surface area contributed by atoms with E-state index < -0.39 is 29.4 Å². The lowest BCUT2D eigenvalue weighted by molar-refractivity contribution is -0.140. The monoisotopic (exact) mass is 404 g/mol. The molecule has 0 spiro atoms. The number of nitrogens with two attached hydrogens (primary N) is 2. The number of amides is 1. The van der Waals surface area contributed by atoms with Gasteiger partial charge in [-0.15, -0.1) is 0 Å². The fourth-order valence-electron chi connectivity index (χ4n) is 2.40. The fourth-order valence-corrected chi connectivity index (χ4v) is 2.40. The molecule has 1 unspecified atom stereocenters. The molecule has 12 heteroatoms. The Kier molecular flexibility index (Phi) is 6.74. The fraction of sp³-hybridized carbons (Fsp3) is 0.235. The second-order valence-corrected chi connectivity index (χ2v) is 6.04. The molecule has 1 heterocycles. The number of carboxylic acids is 2. The minimum absolute atomic E-state index is 0.00387. The van der Waals surface area contributed by atoms with Gasteiger partial charge in [-0.05, 0) is 30.7 Å². The molecule has 0 aliphatic heterocycles. The minimum Gasteiger partial charge on any atom is -0.481 e. The third-order valence-corrected chi connectivity index (χ3v) is 3.93. The summed E-state index contributed by atoms with van der Waals surface area (Å²) in [6, 6.07) is 4.68. The zero-order chi connectivity index (χ0) is 21.6. The number of H-pyrrole nitrogens is 1. The van der Waals surface area contributed by atoms with Crippen LogP contribution in [-0.4, -0.2) is 44.1 Å². The smallest absolute Gasteiger partial charge is 0.326 e. The number of carbonyl (C=O) groups is 3. The topological polar surface area (TPSA) is 214 Å². The predicted octanol–water partition coefficient (Wildman–Crippen LogP) is -0.406. The van der Waals surface area contributed by atoms with Gasteiger partial charge in [0, 0.05) is 24.2 Å². The number of nitrogen functional groups attached to an aromatic ring is 2. The van der Waals surface area contributed by atoms with Gasteiger partial charge in [0.25, 0.3) is 11.5 Å². The second-order valence-electron chi connectivity index (χ2n) is 6.04. The van der Waals surface area contributed by atoms with Gasteiger partial charge in [-0.25, -0.2) is 4.79 Å². The van der Waals surface area contributed by atoms with Crippen LogP contribution >= 0.6 is 0 Å². The number of carboxylic acid groups (broad SMARTS) is 2. The maximum Gasteiger partial charge on any atom is 0.326 e. The van der Waals surface area contributed by atoms with Gasteiger partial charge < -0.3 is 32.3 Å². The zero-order valence-electron chi connectivity index (χ0n) is 15.1. The molecule has 2 aromatic rings. The van der Waals surface area contributed by atoms with Crippen molar-refractivity contribution in [3.63, 3.8) is 0 Å². The molecular weight excluding hydrogens is 384 g/mol. The van der Waals surface area contributed by atoms with Gasteiger partial charge >= 0.3 is 11.9 Å². The van der Waals surface area contributed by atoms with Crippen molar-refractivity contribution in [2.75, 3.05) is 16.8 Å². The molecular formula is C17H20N6O6. The van der Waals surface area contributed by atoms with Gasteiger partial charge in [0.2, 0.25) is 5.95 Å². The number of aliphatic carboxylic acids is 2. The van der Waals surface area contributed by atoms with E-state index in [1.807, 2.05) is 0 Å². The minimum atomic E-state index is -1.32. The van der Waals surface area contributed by atoms with E-state index in [4.69, 9.17) is 21.7 Å². The van der Waals surface area contributed by atoms with Crippen molar-refractivity contribution in [1.82, 2.24) is 15.3 Å². The summed E-state index contributed by atoms with van der Waals surface area (Å²) >= 11 is 0. The largest absolute Gasteiger partial charge is 0.481 e. The Morgan fingerprint density at radius 1 is 1.14 bits per heavy atom. The molecule has 154 valence electrons. The van der Waals surface area contributed by atoms with Crippen LogP contribution in [0.2, 0.25) is 0 Å². The Bertz CT molecular complexity index is 971. The first-order valence-electron chi connectivity index (χ1n) is 8.41. The molecule has 1 aromatic carbocycles. The summed E-state index contributed by atoms with van der Waals surface area (Å²) in [7, 11) is 0. The van der Waals surface area contributed by atoms with Crippen LogP contribution in [0.25, 0.3) is 0 Å². The molecule has 0 aliphatic rings. The summed E-state index contributed by atoms with van der Waals surface area (Å²) < 4.78 is 0. The number of carbonyl (C=O) groups excluding carboxylic acids is 1. The summed E-state index contributed by atoms with van der Waals surface area (Å²) in [4.78, 5) is 51.9. The van der Waals surface area contributed by atoms with E-state index in [1.54, 1.807) is 12.1 Å². The van der Waals surface area contributed by atoms with Crippen LogP contribution in [0.4, 0.5) is 17.5 Å². The first-order chi connectivity index (χ1) is 13.7. The maximum absolute atomic E-state index is 12.2. The number of hydrogen-bond donors (Lipinski definition) is 7. The van der Waals surface area contributed by atoms with E-state index in [-0.39, 0.29) is 42.3 Å². The molecule has 0 fully saturated rings. The number of rotatable bonds is 9. The zero-order valence-corrected chi connectivity index (χ0v) is 15.1. The van der Waals surface area contributed by atoms with E-state index in [2.05, 4.69) is 20.6 Å². The average Bonchev–Trinajstić information content (AvgIpc) is 2.64. The molecule has 0 saturated carbocycles. The van der Waals surface area contributed by atoms with Gasteiger partial charge in [0.1, 0.15) is 11.9 Å². The molecule has 0 bridgehead atoms. The van der Waals surface area contributed by atoms with Crippen LogP contribution in [0, 0.1) is 0 Å². The number of anilines is 3. The summed E-state index contributed by atoms with van der Waals surface area (Å²) in [6.45, 7) is 0.0657. The molecule has 12 nitrogen and oxygen atoms in total. The first kappa shape index (κ1) is 21.2. The molecule has 0 aliphatic carbocycles. The number of aromatic amines is 1. The molecule has 1 amide bonds. The quantitative estimate of drug-likeness (QED) is 0.287. The van der Waals surface area contributed by atoms with E-state index in [1.165, 1.54) is 12.1 Å². The van der Waals surface area contributed by atoms with Crippen LogP contribution < -0.4 is 27.7 Å². The molecule has 2 rings (SSSR count). The highest BCUT2D eigenvalue weighted by atomic mass is 16.4. The molecule has 1 atom stereocenters. The standard InChI is InChI=1S/C17H20N6O6/c18-13-10(15(27)23-17(19)22-13)7-20-9-3-1-8(2-4-9)14(26)21-11(16(28)29)5-6-12(24)25/h1-4,11,20H,5-7H2,(H,21,26)(H,24,25)(H,28,29)(H5,18,19,22,23,27). The van der Waals surface area contributed by atoms with Crippen molar-refractivity contribution >= 4 is 35.3 Å². The van der Waals surface area contributed by atoms with Crippen LogP contribution in [0.1, 0.15) is 28.8 Å². The lowest BCUT2D eigenvalue weighted by atomic mass is 10.1. The van der Waals surface area contributed by atoms with Gasteiger partial charge in [0.15, 0.2) is 0 Å². The van der Waals surface area contributed by atoms with Crippen LogP contribution in [0.5, 0.6) is 0 Å². The number of nitrogens with zero attached hydrogens (tertiary/aromatic N) is 1. The Labute approximate surface area is 163 Å². The van der Waals surface area contributed by atoms with Crippen molar-refractivity contribution in [3.05, 3.63) is 45.7 Å². The Morgan fingerprint density at radius 2 is 1.79 bits per heavy atom. The van der Waals surface area contributed by atoms with Crippen molar-refractivity contribution < 1.29 is 24.6 Å². The lowest BCUT2D eigenvalue weighted by Crippen LogP contribution is -2.41. The number of benzene rings is 1. The Hall–Kier alpha value is -4.09. The molecule has 0 saturated heterocycles. The van der Waals surface area contributed by atoms with E-state index >= 15 is 0 Å². The van der Waals surface area contributed by atoms with Crippen molar-refractivity contribution in [2.24, 2.45) is 0 Å². The first-order valence-corrected chi connectivity index (χ1v) is 8.41. The van der Waals surface area contributed by atoms with E-state index in [0.717, 1.165) is 0 Å². The Morgan fingerprint density at radius 3 is 2.34 bits per heavy atom. The van der Waals surface area contributed by atoms with Crippen LogP contribution in [-0.2, 0) is 16.1 Å². The number of aromatic nitrogens is 2. The van der Waals surface area contributed by atoms with Crippen LogP contribution in [0.15, 0.2) is 29.1 Å². The van der Waals surface area contributed by atoms with Gasteiger partial charge in [-0.3, -0.25) is 19.4 Å². The van der Waals surface area contributed by atoms with E-state index in [0.29, 0.717) is 5.69 Å². The molecule has 1 aromatic heterocycles. The van der Waals surface area contributed by atoms with Crippen molar-refractivity contribution in [3.8, 4) is 0 Å². The van der Waals surface area contributed by atoms with Gasteiger partial charge in [-0.1, -0.05) is 0 Å². The highest BCUT2D eigenvalue weighted by molar-refractivity contribution is 5.96. The SMILES string of the molecule is Nc1nc(N)c(CNc2ccc(C(=O)NC(CCC(=O)O)C(=O)O)cc2)c(=O)[nH]1. The van der Waals surface area contributed by atoms with Gasteiger partial charge in [-0.2, -0.15) is 4.98 Å². The highest BCUT2D eigenvalue weighted by Crippen LogP contribution is 2.13. The second kappa shape index (κ2) is 9.21. The molecule has 9 N–H and O–H groups in total. The summed E-state index contributed by atoms with van der Waals surface area (Å²) in [5.41, 5.74) is 11.5. The normalized spacial score (nSPS) is 11.4. The third-order valence-electron chi connectivity index (χ3n) is 3.93. The van der Waals surface area contributed by atoms with Crippen LogP contribution in [0.3, 0.4) is 0 Å². The molecule has 0 radical (unpaired) electrons. The lowest BCUT2D eigenvalue weighted by Gasteiger charge is -2.14. The summed E-state index contributed by atoms with van der Waals surface area (Å²) in [5.74, 6) is -3.22. The average molecular weight is 404 g/mol. The number of nitrogens with one attached hydrogen (secondary N) is 3. The predicted molar refractivity (Wildman–Crippen MR) is 103 cm³/mol. The van der Waals surface area contributed by atoms with E-state index in [9.17, 15) is 19.2 Å². The third kappa shape index (κ3) is 5.95. The summed E-state index contributed by atoms with van der Waals surface area (Å²) in [5, 5.41) is 23.0.